The quantitative estimate of drug-likeness (QED) is 0.609. The molecular formula is C13H17ClN4O3. The lowest BCUT2D eigenvalue weighted by Gasteiger charge is -2.10. The lowest BCUT2D eigenvalue weighted by Crippen LogP contribution is -2.36. The highest BCUT2D eigenvalue weighted by atomic mass is 35.5. The summed E-state index contributed by atoms with van der Waals surface area (Å²) in [6, 6.07) is 4.15. The zero-order valence-electron chi connectivity index (χ0n) is 11.7. The van der Waals surface area contributed by atoms with Gasteiger partial charge in [0, 0.05) is 32.7 Å². The minimum atomic E-state index is -0.439. The predicted octanol–water partition coefficient (Wildman–Crippen LogP) is 0.957. The number of urea groups is 1. The summed E-state index contributed by atoms with van der Waals surface area (Å²) in [5.74, 6) is -0.500. The van der Waals surface area contributed by atoms with E-state index in [1.165, 1.54) is 26.1 Å². The third-order valence-electron chi connectivity index (χ3n) is 2.48. The second kappa shape index (κ2) is 8.11. The molecular weight excluding hydrogens is 296 g/mol. The lowest BCUT2D eigenvalue weighted by molar-refractivity contribution is -0.118. The van der Waals surface area contributed by atoms with Crippen LogP contribution in [0.2, 0.25) is 5.02 Å². The average molecular weight is 313 g/mol. The summed E-state index contributed by atoms with van der Waals surface area (Å²) in [7, 11) is 1.49. The van der Waals surface area contributed by atoms with Gasteiger partial charge in [-0.15, -0.1) is 0 Å². The number of carbonyl (C=O) groups is 3. The number of amides is 4. The van der Waals surface area contributed by atoms with Crippen LogP contribution in [0.1, 0.15) is 17.3 Å². The molecule has 0 fully saturated rings. The number of benzene rings is 1. The fourth-order valence-corrected chi connectivity index (χ4v) is 1.70. The summed E-state index contributed by atoms with van der Waals surface area (Å²) in [5, 5.41) is 10.5. The van der Waals surface area contributed by atoms with E-state index in [1.54, 1.807) is 6.07 Å². The van der Waals surface area contributed by atoms with Crippen LogP contribution in [0.5, 0.6) is 0 Å². The molecule has 0 unspecified atom stereocenters. The first-order valence-electron chi connectivity index (χ1n) is 6.25. The molecule has 0 saturated heterocycles. The molecule has 0 bridgehead atoms. The fourth-order valence-electron chi connectivity index (χ4n) is 1.50. The van der Waals surface area contributed by atoms with Crippen LogP contribution < -0.4 is 21.3 Å². The third-order valence-corrected chi connectivity index (χ3v) is 2.81. The van der Waals surface area contributed by atoms with E-state index in [2.05, 4.69) is 21.3 Å². The zero-order valence-corrected chi connectivity index (χ0v) is 12.5. The van der Waals surface area contributed by atoms with Crippen molar-refractivity contribution in [1.29, 1.82) is 0 Å². The highest BCUT2D eigenvalue weighted by Gasteiger charge is 2.10. The van der Waals surface area contributed by atoms with Gasteiger partial charge < -0.3 is 21.3 Å². The van der Waals surface area contributed by atoms with E-state index in [0.717, 1.165) is 0 Å². The van der Waals surface area contributed by atoms with Gasteiger partial charge in [-0.3, -0.25) is 9.59 Å². The summed E-state index contributed by atoms with van der Waals surface area (Å²) >= 11 is 5.91. The van der Waals surface area contributed by atoms with Crippen molar-refractivity contribution in [1.82, 2.24) is 16.0 Å². The largest absolute Gasteiger partial charge is 0.355 e. The van der Waals surface area contributed by atoms with Crippen molar-refractivity contribution in [3.05, 3.63) is 28.8 Å². The third kappa shape index (κ3) is 5.70. The van der Waals surface area contributed by atoms with Gasteiger partial charge in [-0.05, 0) is 18.2 Å². The Balaban J connectivity index is 2.56. The van der Waals surface area contributed by atoms with Crippen LogP contribution in [0, 0.1) is 0 Å². The second-order valence-corrected chi connectivity index (χ2v) is 4.54. The Morgan fingerprint density at radius 1 is 1.14 bits per heavy atom. The topological polar surface area (TPSA) is 99.3 Å². The van der Waals surface area contributed by atoms with Crippen molar-refractivity contribution in [2.45, 2.75) is 6.92 Å². The molecule has 0 saturated carbocycles. The molecule has 0 atom stereocenters. The van der Waals surface area contributed by atoms with Crippen molar-refractivity contribution in [3.63, 3.8) is 0 Å². The molecule has 0 aromatic heterocycles. The Morgan fingerprint density at radius 2 is 1.81 bits per heavy atom. The van der Waals surface area contributed by atoms with Crippen LogP contribution in [0.3, 0.4) is 0 Å². The van der Waals surface area contributed by atoms with E-state index in [9.17, 15) is 14.4 Å². The summed E-state index contributed by atoms with van der Waals surface area (Å²) in [5.41, 5.74) is 0.713. The molecule has 0 radical (unpaired) electrons. The van der Waals surface area contributed by atoms with E-state index < -0.39 is 6.03 Å². The number of nitrogens with one attached hydrogen (secondary N) is 4. The Hall–Kier alpha value is -2.28. The Morgan fingerprint density at radius 3 is 2.43 bits per heavy atom. The Bertz CT molecular complexity index is 548. The summed E-state index contributed by atoms with van der Waals surface area (Å²) in [4.78, 5) is 33.9. The maximum Gasteiger partial charge on any atom is 0.319 e. The van der Waals surface area contributed by atoms with Gasteiger partial charge in [0.15, 0.2) is 0 Å². The summed E-state index contributed by atoms with van der Waals surface area (Å²) < 4.78 is 0. The number of hydrogen-bond donors (Lipinski definition) is 4. The molecule has 0 aliphatic rings. The number of anilines is 1. The first-order chi connectivity index (χ1) is 9.93. The fraction of sp³-hybridized carbons (Fsp3) is 0.308. The molecule has 1 aromatic carbocycles. The summed E-state index contributed by atoms with van der Waals surface area (Å²) in [6.45, 7) is 2.03. The Labute approximate surface area is 127 Å². The normalized spacial score (nSPS) is 9.67. The van der Waals surface area contributed by atoms with Crippen LogP contribution in [0.4, 0.5) is 10.5 Å². The lowest BCUT2D eigenvalue weighted by atomic mass is 10.2. The highest BCUT2D eigenvalue weighted by Crippen LogP contribution is 2.20. The van der Waals surface area contributed by atoms with Crippen LogP contribution in [0.15, 0.2) is 18.2 Å². The predicted molar refractivity (Wildman–Crippen MR) is 80.5 cm³/mol. The van der Waals surface area contributed by atoms with Crippen LogP contribution >= 0.6 is 11.6 Å². The second-order valence-electron chi connectivity index (χ2n) is 4.14. The first-order valence-corrected chi connectivity index (χ1v) is 6.62. The standard InChI is InChI=1S/C13H17ClN4O3/c1-8(19)16-5-6-17-13(21)18-9-3-4-11(14)10(7-9)12(20)15-2/h3-4,7H,5-6H2,1-2H3,(H,15,20)(H,16,19)(H2,17,18,21). The van der Waals surface area contributed by atoms with Crippen molar-refractivity contribution in [2.75, 3.05) is 25.5 Å². The van der Waals surface area contributed by atoms with Gasteiger partial charge in [0.2, 0.25) is 5.91 Å². The van der Waals surface area contributed by atoms with Gasteiger partial charge in [-0.2, -0.15) is 0 Å². The molecule has 0 heterocycles. The average Bonchev–Trinajstić information content (AvgIpc) is 2.44. The van der Waals surface area contributed by atoms with E-state index >= 15 is 0 Å². The molecule has 4 amide bonds. The van der Waals surface area contributed by atoms with E-state index in [4.69, 9.17) is 11.6 Å². The monoisotopic (exact) mass is 312 g/mol. The van der Waals surface area contributed by atoms with Crippen molar-refractivity contribution >= 4 is 35.1 Å². The smallest absolute Gasteiger partial charge is 0.319 e. The van der Waals surface area contributed by atoms with Gasteiger partial charge >= 0.3 is 6.03 Å². The van der Waals surface area contributed by atoms with Crippen molar-refractivity contribution in [2.24, 2.45) is 0 Å². The molecule has 0 spiro atoms. The van der Waals surface area contributed by atoms with Gasteiger partial charge in [-0.1, -0.05) is 11.6 Å². The summed E-state index contributed by atoms with van der Waals surface area (Å²) in [6.07, 6.45) is 0. The number of rotatable bonds is 5. The van der Waals surface area contributed by atoms with Crippen LogP contribution in [-0.4, -0.2) is 38.0 Å². The zero-order chi connectivity index (χ0) is 15.8. The molecule has 4 N–H and O–H groups in total. The maximum absolute atomic E-state index is 11.6. The van der Waals surface area contributed by atoms with Crippen molar-refractivity contribution in [3.8, 4) is 0 Å². The first kappa shape index (κ1) is 16.8. The molecule has 114 valence electrons. The Kier molecular flexibility index (Phi) is 6.48. The maximum atomic E-state index is 11.6. The molecule has 0 aliphatic carbocycles. The SMILES string of the molecule is CNC(=O)c1cc(NC(=O)NCCNC(C)=O)ccc1Cl. The van der Waals surface area contributed by atoms with E-state index in [0.29, 0.717) is 23.8 Å². The van der Waals surface area contributed by atoms with E-state index in [-0.39, 0.29) is 17.4 Å². The number of hydrogen-bond acceptors (Lipinski definition) is 3. The minimum absolute atomic E-state index is 0.162. The number of carbonyl (C=O) groups excluding carboxylic acids is 3. The number of halogens is 1. The van der Waals surface area contributed by atoms with Gasteiger partial charge in [0.25, 0.3) is 5.91 Å². The molecule has 8 heteroatoms. The van der Waals surface area contributed by atoms with Gasteiger partial charge in [-0.25, -0.2) is 4.79 Å². The van der Waals surface area contributed by atoms with Gasteiger partial charge in [0.05, 0.1) is 10.6 Å². The molecule has 0 aliphatic heterocycles. The molecule has 1 rings (SSSR count). The molecule has 1 aromatic rings. The van der Waals surface area contributed by atoms with Crippen LogP contribution in [-0.2, 0) is 4.79 Å². The van der Waals surface area contributed by atoms with Crippen molar-refractivity contribution < 1.29 is 14.4 Å². The van der Waals surface area contributed by atoms with E-state index in [1.807, 2.05) is 0 Å². The minimum Gasteiger partial charge on any atom is -0.355 e. The molecule has 7 nitrogen and oxygen atoms in total. The molecule has 21 heavy (non-hydrogen) atoms. The van der Waals surface area contributed by atoms with Crippen LogP contribution in [0.25, 0.3) is 0 Å². The highest BCUT2D eigenvalue weighted by molar-refractivity contribution is 6.34. The van der Waals surface area contributed by atoms with Gasteiger partial charge in [0.1, 0.15) is 0 Å².